The van der Waals surface area contributed by atoms with Crippen molar-refractivity contribution in [3.8, 4) is 16.9 Å². The van der Waals surface area contributed by atoms with E-state index in [4.69, 9.17) is 0 Å². The van der Waals surface area contributed by atoms with Crippen molar-refractivity contribution in [1.82, 2.24) is 9.55 Å². The number of thioether (sulfide) groups is 1. The van der Waals surface area contributed by atoms with Gasteiger partial charge in [-0.15, -0.1) is 0 Å². The molecular weight excluding hydrogens is 378 g/mol. The molecular formula is C24H21N3OS. The molecule has 0 fully saturated rings. The van der Waals surface area contributed by atoms with Gasteiger partial charge in [-0.3, -0.25) is 9.36 Å². The zero-order valence-corrected chi connectivity index (χ0v) is 16.9. The van der Waals surface area contributed by atoms with E-state index < -0.39 is 0 Å². The molecule has 1 heterocycles. The molecule has 3 aromatic carbocycles. The Balaban J connectivity index is 1.61. The molecule has 0 bridgehead atoms. The quantitative estimate of drug-likeness (QED) is 0.413. The average Bonchev–Trinajstić information content (AvgIpc) is 3.22. The highest BCUT2D eigenvalue weighted by Crippen LogP contribution is 2.30. The third kappa shape index (κ3) is 4.25. The van der Waals surface area contributed by atoms with Gasteiger partial charge < -0.3 is 4.90 Å². The predicted molar refractivity (Wildman–Crippen MR) is 120 cm³/mol. The number of imidazole rings is 1. The number of hydrogen-bond acceptors (Lipinski definition) is 3. The highest BCUT2D eigenvalue weighted by molar-refractivity contribution is 7.99. The minimum absolute atomic E-state index is 0.0325. The largest absolute Gasteiger partial charge is 0.315 e. The monoisotopic (exact) mass is 399 g/mol. The molecule has 5 heteroatoms. The van der Waals surface area contributed by atoms with Crippen LogP contribution in [-0.2, 0) is 4.79 Å². The highest BCUT2D eigenvalue weighted by atomic mass is 32.2. The second-order valence-corrected chi connectivity index (χ2v) is 7.48. The first-order valence-corrected chi connectivity index (χ1v) is 10.4. The van der Waals surface area contributed by atoms with Crippen LogP contribution in [0.4, 0.5) is 5.69 Å². The summed E-state index contributed by atoms with van der Waals surface area (Å²) in [5.41, 5.74) is 4.00. The van der Waals surface area contributed by atoms with Gasteiger partial charge in [-0.2, -0.15) is 0 Å². The summed E-state index contributed by atoms with van der Waals surface area (Å²) in [6.45, 7) is 0. The van der Waals surface area contributed by atoms with E-state index in [1.54, 1.807) is 11.9 Å². The van der Waals surface area contributed by atoms with Crippen molar-refractivity contribution in [1.29, 1.82) is 0 Å². The molecule has 0 saturated carbocycles. The van der Waals surface area contributed by atoms with Crippen molar-refractivity contribution >= 4 is 23.4 Å². The smallest absolute Gasteiger partial charge is 0.237 e. The minimum atomic E-state index is 0.0325. The van der Waals surface area contributed by atoms with Crippen molar-refractivity contribution in [3.63, 3.8) is 0 Å². The zero-order valence-electron chi connectivity index (χ0n) is 16.1. The van der Waals surface area contributed by atoms with Crippen LogP contribution in [0.1, 0.15) is 0 Å². The van der Waals surface area contributed by atoms with Gasteiger partial charge in [0.2, 0.25) is 5.91 Å². The summed E-state index contributed by atoms with van der Waals surface area (Å²) in [7, 11) is 1.80. The fourth-order valence-corrected chi connectivity index (χ4v) is 4.00. The van der Waals surface area contributed by atoms with Gasteiger partial charge in [0, 0.05) is 24.0 Å². The van der Waals surface area contributed by atoms with Crippen LogP contribution in [0.25, 0.3) is 16.9 Å². The molecule has 0 aliphatic rings. The Kier molecular flexibility index (Phi) is 5.77. The van der Waals surface area contributed by atoms with Crippen LogP contribution in [0.3, 0.4) is 0 Å². The first-order valence-electron chi connectivity index (χ1n) is 9.37. The standard InChI is InChI=1S/C24H21N3OS/c1-26(20-13-7-3-8-14-20)23(28)18-29-24-25-17-22(19-11-5-2-6-12-19)27(24)21-15-9-4-10-16-21/h2-17H,18H2,1H3. The number of rotatable bonds is 6. The first-order chi connectivity index (χ1) is 14.2. The molecule has 0 spiro atoms. The third-order valence-electron chi connectivity index (χ3n) is 4.66. The van der Waals surface area contributed by atoms with Crippen LogP contribution in [0.2, 0.25) is 0 Å². The number of carbonyl (C=O) groups is 1. The molecule has 0 aliphatic heterocycles. The lowest BCUT2D eigenvalue weighted by Gasteiger charge is -2.17. The fourth-order valence-electron chi connectivity index (χ4n) is 3.09. The predicted octanol–water partition coefficient (Wildman–Crippen LogP) is 5.29. The molecule has 0 unspecified atom stereocenters. The summed E-state index contributed by atoms with van der Waals surface area (Å²) in [4.78, 5) is 19.0. The van der Waals surface area contributed by atoms with Crippen molar-refractivity contribution in [2.75, 3.05) is 17.7 Å². The SMILES string of the molecule is CN(C(=O)CSc1ncc(-c2ccccc2)n1-c1ccccc1)c1ccccc1. The fraction of sp³-hybridized carbons (Fsp3) is 0.0833. The Morgan fingerprint density at radius 3 is 2.14 bits per heavy atom. The van der Waals surface area contributed by atoms with Gasteiger partial charge >= 0.3 is 0 Å². The van der Waals surface area contributed by atoms with Crippen molar-refractivity contribution in [2.45, 2.75) is 5.16 Å². The molecule has 4 rings (SSSR count). The lowest BCUT2D eigenvalue weighted by molar-refractivity contribution is -0.115. The van der Waals surface area contributed by atoms with Gasteiger partial charge in [0.15, 0.2) is 5.16 Å². The number of para-hydroxylation sites is 2. The van der Waals surface area contributed by atoms with Gasteiger partial charge in [0.1, 0.15) is 0 Å². The number of aromatic nitrogens is 2. The Labute approximate surface area is 174 Å². The lowest BCUT2D eigenvalue weighted by atomic mass is 10.1. The summed E-state index contributed by atoms with van der Waals surface area (Å²) in [6, 6.07) is 30.0. The van der Waals surface area contributed by atoms with Gasteiger partial charge in [0.05, 0.1) is 17.6 Å². The van der Waals surface area contributed by atoms with E-state index in [9.17, 15) is 4.79 Å². The van der Waals surface area contributed by atoms with E-state index in [0.29, 0.717) is 5.75 Å². The van der Waals surface area contributed by atoms with Crippen molar-refractivity contribution in [2.24, 2.45) is 0 Å². The van der Waals surface area contributed by atoms with Crippen LogP contribution in [-0.4, -0.2) is 28.3 Å². The van der Waals surface area contributed by atoms with Crippen LogP contribution in [0.5, 0.6) is 0 Å². The molecule has 4 nitrogen and oxygen atoms in total. The average molecular weight is 400 g/mol. The van der Waals surface area contributed by atoms with Crippen LogP contribution >= 0.6 is 11.8 Å². The molecule has 0 aliphatic carbocycles. The molecule has 29 heavy (non-hydrogen) atoms. The molecule has 0 saturated heterocycles. The second kappa shape index (κ2) is 8.80. The summed E-state index contributed by atoms with van der Waals surface area (Å²) in [5, 5.41) is 0.796. The highest BCUT2D eigenvalue weighted by Gasteiger charge is 2.17. The molecule has 144 valence electrons. The molecule has 4 aromatic rings. The van der Waals surface area contributed by atoms with Gasteiger partial charge in [-0.05, 0) is 24.3 Å². The number of benzene rings is 3. The molecule has 1 amide bonds. The maximum atomic E-state index is 12.7. The maximum Gasteiger partial charge on any atom is 0.237 e. The number of carbonyl (C=O) groups excluding carboxylic acids is 1. The molecule has 1 aromatic heterocycles. The van der Waals surface area contributed by atoms with E-state index in [0.717, 1.165) is 27.8 Å². The summed E-state index contributed by atoms with van der Waals surface area (Å²) in [5.74, 6) is 0.341. The third-order valence-corrected chi connectivity index (χ3v) is 5.59. The van der Waals surface area contributed by atoms with Crippen LogP contribution in [0, 0.1) is 0 Å². The lowest BCUT2D eigenvalue weighted by Crippen LogP contribution is -2.27. The Bertz CT molecular complexity index is 1080. The zero-order chi connectivity index (χ0) is 20.1. The van der Waals surface area contributed by atoms with Crippen LogP contribution in [0.15, 0.2) is 102 Å². The molecule has 0 atom stereocenters. The van der Waals surface area contributed by atoms with E-state index >= 15 is 0 Å². The van der Waals surface area contributed by atoms with Gasteiger partial charge in [-0.25, -0.2) is 4.98 Å². The van der Waals surface area contributed by atoms with E-state index in [2.05, 4.69) is 33.8 Å². The normalized spacial score (nSPS) is 10.7. The van der Waals surface area contributed by atoms with Gasteiger partial charge in [0.25, 0.3) is 0 Å². The summed E-state index contributed by atoms with van der Waals surface area (Å²) >= 11 is 1.45. The minimum Gasteiger partial charge on any atom is -0.315 e. The van der Waals surface area contributed by atoms with E-state index in [1.807, 2.05) is 72.9 Å². The topological polar surface area (TPSA) is 38.1 Å². The maximum absolute atomic E-state index is 12.7. The van der Waals surface area contributed by atoms with E-state index in [-0.39, 0.29) is 5.91 Å². The summed E-state index contributed by atoms with van der Waals surface area (Å²) in [6.07, 6.45) is 1.87. The van der Waals surface area contributed by atoms with Crippen molar-refractivity contribution in [3.05, 3.63) is 97.2 Å². The Hall–Kier alpha value is -3.31. The first kappa shape index (κ1) is 19.0. The number of nitrogens with zero attached hydrogens (tertiary/aromatic N) is 3. The number of anilines is 1. The van der Waals surface area contributed by atoms with Crippen LogP contribution < -0.4 is 4.90 Å². The van der Waals surface area contributed by atoms with Gasteiger partial charge in [-0.1, -0.05) is 78.5 Å². The summed E-state index contributed by atoms with van der Waals surface area (Å²) < 4.78 is 2.11. The second-order valence-electron chi connectivity index (χ2n) is 6.54. The Morgan fingerprint density at radius 2 is 1.48 bits per heavy atom. The van der Waals surface area contributed by atoms with E-state index in [1.165, 1.54) is 11.8 Å². The Morgan fingerprint density at radius 1 is 0.897 bits per heavy atom. The molecule has 0 radical (unpaired) electrons. The number of hydrogen-bond donors (Lipinski definition) is 0. The molecule has 0 N–H and O–H groups in total. The van der Waals surface area contributed by atoms with Crippen molar-refractivity contribution < 1.29 is 4.79 Å². The number of amides is 1.